The summed E-state index contributed by atoms with van der Waals surface area (Å²) in [6, 6.07) is 0. The van der Waals surface area contributed by atoms with Crippen LogP contribution in [0.1, 0.15) is 32.1 Å². The number of hydrogen-bond donors (Lipinski definition) is 0. The lowest BCUT2D eigenvalue weighted by atomic mass is 10.2. The Labute approximate surface area is 211 Å². The summed E-state index contributed by atoms with van der Waals surface area (Å²) in [6.45, 7) is 3.86. The number of unbranched alkanes of at least 4 members (excludes halogenated alkanes) is 2. The number of thioether (sulfide) groups is 3. The average molecular weight is 516 g/mol. The Morgan fingerprint density at radius 2 is 1.59 bits per heavy atom. The molecule has 5 heterocycles. The molecule has 9 nitrogen and oxygen atoms in total. The summed E-state index contributed by atoms with van der Waals surface area (Å²) in [4.78, 5) is 21.1. The van der Waals surface area contributed by atoms with Gasteiger partial charge in [-0.3, -0.25) is 4.68 Å². The molecule has 0 saturated carbocycles. The van der Waals surface area contributed by atoms with Crippen LogP contribution in [0, 0.1) is 0 Å². The van der Waals surface area contributed by atoms with Crippen molar-refractivity contribution in [3.8, 4) is 0 Å². The van der Waals surface area contributed by atoms with Crippen LogP contribution in [0.5, 0.6) is 0 Å². The molecule has 5 rings (SSSR count). The van der Waals surface area contributed by atoms with Crippen LogP contribution in [0.3, 0.4) is 0 Å². The quantitative estimate of drug-likeness (QED) is 0.129. The molecule has 180 valence electrons. The molecule has 0 radical (unpaired) electrons. The molecule has 0 bridgehead atoms. The molecule has 0 N–H and O–H groups in total. The smallest absolute Gasteiger partial charge is 0.191 e. The molecule has 4 aromatic heterocycles. The van der Waals surface area contributed by atoms with Crippen molar-refractivity contribution in [2.75, 3.05) is 36.8 Å². The third-order valence-electron chi connectivity index (χ3n) is 6.05. The van der Waals surface area contributed by atoms with Crippen LogP contribution in [-0.4, -0.2) is 71.4 Å². The van der Waals surface area contributed by atoms with E-state index in [1.54, 1.807) is 35.3 Å². The van der Waals surface area contributed by atoms with Crippen LogP contribution in [0.15, 0.2) is 27.7 Å². The lowest BCUT2D eigenvalue weighted by Gasteiger charge is -2.17. The van der Waals surface area contributed by atoms with Crippen LogP contribution < -0.4 is 4.90 Å². The van der Waals surface area contributed by atoms with E-state index in [2.05, 4.69) is 31.3 Å². The van der Waals surface area contributed by atoms with E-state index >= 15 is 0 Å². The number of aromatic nitrogens is 8. The third kappa shape index (κ3) is 4.85. The highest BCUT2D eigenvalue weighted by Crippen LogP contribution is 2.29. The van der Waals surface area contributed by atoms with Gasteiger partial charge in [-0.15, -0.1) is 11.8 Å². The highest BCUT2D eigenvalue weighted by atomic mass is 32.2. The van der Waals surface area contributed by atoms with Crippen LogP contribution in [0.4, 0.5) is 5.82 Å². The Morgan fingerprint density at radius 3 is 2.35 bits per heavy atom. The monoisotopic (exact) mass is 515 g/mol. The third-order valence-corrected chi connectivity index (χ3v) is 7.84. The van der Waals surface area contributed by atoms with Crippen LogP contribution in [0.25, 0.3) is 22.1 Å². The maximum absolute atomic E-state index is 4.80. The van der Waals surface area contributed by atoms with E-state index in [0.717, 1.165) is 88.7 Å². The largest absolute Gasteiger partial charge is 0.356 e. The fourth-order valence-electron chi connectivity index (χ4n) is 4.33. The summed E-state index contributed by atoms with van der Waals surface area (Å²) >= 11 is 4.78. The Balaban J connectivity index is 1.22. The van der Waals surface area contributed by atoms with Gasteiger partial charge in [-0.05, 0) is 50.9 Å². The van der Waals surface area contributed by atoms with Gasteiger partial charge >= 0.3 is 0 Å². The SMILES string of the molecule is CSc1nc(SC)c2cn(CCCCCn3ncc4c(N5CCCC5)nc(SC)nc43)nc2n1. The number of rotatable bonds is 10. The van der Waals surface area contributed by atoms with E-state index < -0.39 is 0 Å². The fourth-order valence-corrected chi connectivity index (χ4v) is 5.64. The summed E-state index contributed by atoms with van der Waals surface area (Å²) < 4.78 is 4.05. The van der Waals surface area contributed by atoms with Crippen molar-refractivity contribution < 1.29 is 0 Å². The van der Waals surface area contributed by atoms with E-state index in [9.17, 15) is 0 Å². The molecule has 1 aliphatic rings. The molecule has 0 spiro atoms. The predicted octanol–water partition coefficient (Wildman–Crippen LogP) is 4.60. The zero-order valence-electron chi connectivity index (χ0n) is 19.8. The summed E-state index contributed by atoms with van der Waals surface area (Å²) in [5.74, 6) is 1.04. The van der Waals surface area contributed by atoms with Crippen molar-refractivity contribution in [3.63, 3.8) is 0 Å². The van der Waals surface area contributed by atoms with Gasteiger partial charge in [0.15, 0.2) is 21.6 Å². The van der Waals surface area contributed by atoms with Crippen molar-refractivity contribution in [1.82, 2.24) is 39.5 Å². The number of anilines is 1. The van der Waals surface area contributed by atoms with Gasteiger partial charge in [0, 0.05) is 32.4 Å². The summed E-state index contributed by atoms with van der Waals surface area (Å²) in [5.41, 5.74) is 1.73. The second-order valence-corrected chi connectivity index (χ2v) is 10.6. The first-order valence-electron chi connectivity index (χ1n) is 11.6. The highest BCUT2D eigenvalue weighted by molar-refractivity contribution is 7.99. The second-order valence-electron chi connectivity index (χ2n) is 8.24. The van der Waals surface area contributed by atoms with Gasteiger partial charge in [-0.1, -0.05) is 23.5 Å². The lowest BCUT2D eigenvalue weighted by Crippen LogP contribution is -2.19. The van der Waals surface area contributed by atoms with Crippen LogP contribution >= 0.6 is 35.3 Å². The molecule has 1 aliphatic heterocycles. The van der Waals surface area contributed by atoms with Gasteiger partial charge in [0.1, 0.15) is 10.8 Å². The molecule has 0 amide bonds. The maximum atomic E-state index is 4.80. The minimum absolute atomic E-state index is 0.773. The molecule has 1 fully saturated rings. The summed E-state index contributed by atoms with van der Waals surface area (Å²) in [6.07, 6.45) is 15.7. The molecule has 0 atom stereocenters. The highest BCUT2D eigenvalue weighted by Gasteiger charge is 2.20. The minimum Gasteiger partial charge on any atom is -0.356 e. The molecule has 1 saturated heterocycles. The zero-order chi connectivity index (χ0) is 23.5. The van der Waals surface area contributed by atoms with Crippen LogP contribution in [0.2, 0.25) is 0 Å². The normalized spacial score (nSPS) is 14.1. The Hall–Kier alpha value is -2.05. The Bertz CT molecular complexity index is 1280. The molecule has 34 heavy (non-hydrogen) atoms. The summed E-state index contributed by atoms with van der Waals surface area (Å²) in [7, 11) is 0. The van der Waals surface area contributed by atoms with Crippen molar-refractivity contribution in [2.45, 2.75) is 60.5 Å². The molecular weight excluding hydrogens is 487 g/mol. The molecular formula is C22H29N9S3. The molecule has 12 heteroatoms. The van der Waals surface area contributed by atoms with Gasteiger partial charge in [0.05, 0.1) is 17.0 Å². The first-order chi connectivity index (χ1) is 16.7. The topological polar surface area (TPSA) is 90.4 Å². The first kappa shape index (κ1) is 23.7. The molecule has 0 aromatic carbocycles. The molecule has 4 aromatic rings. The van der Waals surface area contributed by atoms with E-state index in [1.165, 1.54) is 12.8 Å². The summed E-state index contributed by atoms with van der Waals surface area (Å²) in [5, 5.41) is 14.0. The Kier molecular flexibility index (Phi) is 7.45. The lowest BCUT2D eigenvalue weighted by molar-refractivity contribution is 0.507. The van der Waals surface area contributed by atoms with Crippen molar-refractivity contribution in [2.24, 2.45) is 0 Å². The Morgan fingerprint density at radius 1 is 0.824 bits per heavy atom. The standard InChI is InChI=1S/C22H29N9S3/c1-32-20-16-14-30(28-17(16)24-21(27-20)33-2)11-5-4-6-12-31-19-15(13-23-31)18(25-22(26-19)34-3)29-9-7-8-10-29/h13-14H,4-12H2,1-3H3. The first-order valence-corrected chi connectivity index (χ1v) is 15.2. The molecule has 0 unspecified atom stereocenters. The van der Waals surface area contributed by atoms with E-state index in [-0.39, 0.29) is 0 Å². The second kappa shape index (κ2) is 10.7. The van der Waals surface area contributed by atoms with Crippen LogP contribution in [-0.2, 0) is 13.1 Å². The zero-order valence-corrected chi connectivity index (χ0v) is 22.2. The number of nitrogens with zero attached hydrogens (tertiary/aromatic N) is 9. The van der Waals surface area contributed by atoms with Crippen molar-refractivity contribution >= 4 is 63.2 Å². The van der Waals surface area contributed by atoms with Crippen molar-refractivity contribution in [1.29, 1.82) is 0 Å². The van der Waals surface area contributed by atoms with Gasteiger partial charge < -0.3 is 4.90 Å². The predicted molar refractivity (Wildman–Crippen MR) is 141 cm³/mol. The van der Waals surface area contributed by atoms with Crippen molar-refractivity contribution in [3.05, 3.63) is 12.4 Å². The van der Waals surface area contributed by atoms with Gasteiger partial charge in [-0.25, -0.2) is 24.6 Å². The fraction of sp³-hybridized carbons (Fsp3) is 0.545. The number of fused-ring (bicyclic) bond motifs is 2. The number of hydrogen-bond acceptors (Lipinski definition) is 10. The van der Waals surface area contributed by atoms with E-state index in [4.69, 9.17) is 9.97 Å². The molecule has 0 aliphatic carbocycles. The minimum atomic E-state index is 0.773. The maximum Gasteiger partial charge on any atom is 0.191 e. The average Bonchev–Trinajstić information content (AvgIpc) is 3.62. The number of aryl methyl sites for hydroxylation is 2. The van der Waals surface area contributed by atoms with Gasteiger partial charge in [-0.2, -0.15) is 10.2 Å². The van der Waals surface area contributed by atoms with E-state index in [0.29, 0.717) is 0 Å². The van der Waals surface area contributed by atoms with E-state index in [1.807, 2.05) is 34.3 Å². The van der Waals surface area contributed by atoms with Gasteiger partial charge in [0.25, 0.3) is 0 Å². The van der Waals surface area contributed by atoms with Gasteiger partial charge in [0.2, 0.25) is 0 Å².